The van der Waals surface area contributed by atoms with E-state index >= 15 is 0 Å². The lowest BCUT2D eigenvalue weighted by Crippen LogP contribution is -2.05. The molecule has 6 nitrogen and oxygen atoms in total. The van der Waals surface area contributed by atoms with Gasteiger partial charge in [0.2, 0.25) is 5.82 Å². The van der Waals surface area contributed by atoms with Crippen LogP contribution in [0.4, 0.5) is 4.39 Å². The fourth-order valence-electron chi connectivity index (χ4n) is 2.05. The Morgan fingerprint density at radius 1 is 1.13 bits per heavy atom. The largest absolute Gasteiger partial charge is 0.465 e. The van der Waals surface area contributed by atoms with Gasteiger partial charge in [0.25, 0.3) is 0 Å². The van der Waals surface area contributed by atoms with Crippen LogP contribution in [0, 0.1) is 5.82 Å². The van der Waals surface area contributed by atoms with E-state index < -0.39 is 0 Å². The number of carbonyl (C=O) groups is 1. The quantitative estimate of drug-likeness (QED) is 0.691. The summed E-state index contributed by atoms with van der Waals surface area (Å²) >= 11 is 0. The van der Waals surface area contributed by atoms with Gasteiger partial charge in [0.05, 0.1) is 19.2 Å². The van der Waals surface area contributed by atoms with Crippen LogP contribution in [0.5, 0.6) is 0 Å². The molecule has 0 aliphatic rings. The molecule has 0 saturated heterocycles. The van der Waals surface area contributed by atoms with Gasteiger partial charge in [-0.3, -0.25) is 0 Å². The number of rotatable bonds is 4. The van der Waals surface area contributed by atoms with Crippen molar-refractivity contribution in [1.29, 1.82) is 0 Å². The summed E-state index contributed by atoms with van der Waals surface area (Å²) in [6, 6.07) is 12.9. The topological polar surface area (TPSA) is 69.9 Å². The molecule has 1 aromatic heterocycles. The molecule has 0 unspecified atom stereocenters. The van der Waals surface area contributed by atoms with Gasteiger partial charge in [0.1, 0.15) is 5.82 Å². The smallest absolute Gasteiger partial charge is 0.337 e. The highest BCUT2D eigenvalue weighted by Crippen LogP contribution is 2.14. The first-order chi connectivity index (χ1) is 11.2. The summed E-state index contributed by atoms with van der Waals surface area (Å²) in [6.45, 7) is 0.412. The summed E-state index contributed by atoms with van der Waals surface area (Å²) in [6.07, 6.45) is 0. The Bertz CT molecular complexity index is 813. The molecule has 0 atom stereocenters. The second kappa shape index (κ2) is 6.35. The van der Waals surface area contributed by atoms with Gasteiger partial charge >= 0.3 is 5.97 Å². The summed E-state index contributed by atoms with van der Waals surface area (Å²) in [5, 5.41) is 12.2. The minimum absolute atomic E-state index is 0.313. The SMILES string of the molecule is COC(=O)c1ccc(Cn2nnc(-c3ccc(F)cc3)n2)cc1. The zero-order chi connectivity index (χ0) is 16.2. The number of nitrogens with zero attached hydrogens (tertiary/aromatic N) is 4. The van der Waals surface area contributed by atoms with Gasteiger partial charge < -0.3 is 4.74 Å². The van der Waals surface area contributed by atoms with Crippen molar-refractivity contribution in [3.05, 3.63) is 65.5 Å². The Labute approximate surface area is 131 Å². The van der Waals surface area contributed by atoms with Crippen LogP contribution in [0.1, 0.15) is 15.9 Å². The highest BCUT2D eigenvalue weighted by molar-refractivity contribution is 5.89. The summed E-state index contributed by atoms with van der Waals surface area (Å²) in [7, 11) is 1.34. The second-order valence-electron chi connectivity index (χ2n) is 4.84. The molecular weight excluding hydrogens is 299 g/mol. The number of esters is 1. The number of methoxy groups -OCH3 is 1. The van der Waals surface area contributed by atoms with Crippen molar-refractivity contribution in [3.63, 3.8) is 0 Å². The van der Waals surface area contributed by atoms with Crippen molar-refractivity contribution in [2.45, 2.75) is 6.54 Å². The third kappa shape index (κ3) is 3.39. The van der Waals surface area contributed by atoms with Gasteiger partial charge in [-0.1, -0.05) is 12.1 Å². The molecule has 23 heavy (non-hydrogen) atoms. The molecule has 116 valence electrons. The minimum atomic E-state index is -0.381. The van der Waals surface area contributed by atoms with Crippen LogP contribution in [0.25, 0.3) is 11.4 Å². The summed E-state index contributed by atoms with van der Waals surface area (Å²) in [5.74, 6) is -0.267. The van der Waals surface area contributed by atoms with Crippen LogP contribution >= 0.6 is 0 Å². The van der Waals surface area contributed by atoms with E-state index in [1.54, 1.807) is 36.4 Å². The Morgan fingerprint density at radius 2 is 1.83 bits per heavy atom. The molecule has 0 saturated carbocycles. The predicted octanol–water partition coefficient (Wildman–Crippen LogP) is 2.31. The lowest BCUT2D eigenvalue weighted by molar-refractivity contribution is 0.0600. The number of aromatic nitrogens is 4. The maximum Gasteiger partial charge on any atom is 0.337 e. The number of hydrogen-bond acceptors (Lipinski definition) is 5. The van der Waals surface area contributed by atoms with E-state index in [4.69, 9.17) is 0 Å². The molecule has 0 spiro atoms. The van der Waals surface area contributed by atoms with Gasteiger partial charge in [-0.05, 0) is 47.2 Å². The van der Waals surface area contributed by atoms with Crippen LogP contribution in [-0.2, 0) is 11.3 Å². The maximum absolute atomic E-state index is 12.9. The summed E-state index contributed by atoms with van der Waals surface area (Å²) < 4.78 is 17.6. The highest BCUT2D eigenvalue weighted by Gasteiger charge is 2.08. The first-order valence-corrected chi connectivity index (χ1v) is 6.87. The molecule has 0 N–H and O–H groups in total. The van der Waals surface area contributed by atoms with E-state index in [9.17, 15) is 9.18 Å². The number of benzene rings is 2. The average molecular weight is 312 g/mol. The highest BCUT2D eigenvalue weighted by atomic mass is 19.1. The Hall–Kier alpha value is -3.09. The second-order valence-corrected chi connectivity index (χ2v) is 4.84. The van der Waals surface area contributed by atoms with E-state index in [0.717, 1.165) is 5.56 Å². The molecule has 7 heteroatoms. The van der Waals surface area contributed by atoms with Crippen molar-refractivity contribution in [2.75, 3.05) is 7.11 Å². The summed E-state index contributed by atoms with van der Waals surface area (Å²) in [5.41, 5.74) is 2.09. The van der Waals surface area contributed by atoms with Crippen LogP contribution in [-0.4, -0.2) is 33.3 Å². The van der Waals surface area contributed by atoms with E-state index in [-0.39, 0.29) is 11.8 Å². The zero-order valence-electron chi connectivity index (χ0n) is 12.3. The monoisotopic (exact) mass is 312 g/mol. The summed E-state index contributed by atoms with van der Waals surface area (Å²) in [4.78, 5) is 12.8. The number of hydrogen-bond donors (Lipinski definition) is 0. The normalized spacial score (nSPS) is 10.5. The lowest BCUT2D eigenvalue weighted by Gasteiger charge is -2.02. The molecule has 3 aromatic rings. The Morgan fingerprint density at radius 3 is 2.48 bits per heavy atom. The maximum atomic E-state index is 12.9. The fourth-order valence-corrected chi connectivity index (χ4v) is 2.05. The van der Waals surface area contributed by atoms with Crippen LogP contribution < -0.4 is 0 Å². The molecule has 0 bridgehead atoms. The van der Waals surface area contributed by atoms with Gasteiger partial charge in [0, 0.05) is 5.56 Å². The minimum Gasteiger partial charge on any atom is -0.465 e. The third-order valence-electron chi connectivity index (χ3n) is 3.25. The first kappa shape index (κ1) is 14.8. The predicted molar refractivity (Wildman–Crippen MR) is 80.1 cm³/mol. The van der Waals surface area contributed by atoms with Crippen molar-refractivity contribution in [3.8, 4) is 11.4 Å². The first-order valence-electron chi connectivity index (χ1n) is 6.87. The molecule has 0 aliphatic heterocycles. The zero-order valence-corrected chi connectivity index (χ0v) is 12.3. The molecule has 0 amide bonds. The van der Waals surface area contributed by atoms with E-state index in [0.29, 0.717) is 23.5 Å². The van der Waals surface area contributed by atoms with Gasteiger partial charge in [-0.2, -0.15) is 4.80 Å². The fraction of sp³-hybridized carbons (Fsp3) is 0.125. The van der Waals surface area contributed by atoms with Gasteiger partial charge in [0.15, 0.2) is 0 Å². The van der Waals surface area contributed by atoms with E-state index in [1.165, 1.54) is 24.0 Å². The molecule has 0 radical (unpaired) electrons. The molecule has 2 aromatic carbocycles. The number of halogens is 1. The Kier molecular flexibility index (Phi) is 4.09. The number of carbonyl (C=O) groups excluding carboxylic acids is 1. The van der Waals surface area contributed by atoms with Crippen molar-refractivity contribution in [2.24, 2.45) is 0 Å². The van der Waals surface area contributed by atoms with E-state index in [2.05, 4.69) is 20.1 Å². The molecule has 1 heterocycles. The van der Waals surface area contributed by atoms with Crippen LogP contribution in [0.3, 0.4) is 0 Å². The van der Waals surface area contributed by atoms with Crippen molar-refractivity contribution >= 4 is 5.97 Å². The standard InChI is InChI=1S/C16H13FN4O2/c1-23-16(22)13-4-2-11(3-5-13)10-21-19-15(18-20-21)12-6-8-14(17)9-7-12/h2-9H,10H2,1H3. The molecule has 3 rings (SSSR count). The third-order valence-corrected chi connectivity index (χ3v) is 3.25. The van der Waals surface area contributed by atoms with Crippen molar-refractivity contribution in [1.82, 2.24) is 20.2 Å². The lowest BCUT2D eigenvalue weighted by atomic mass is 10.1. The van der Waals surface area contributed by atoms with Crippen LogP contribution in [0.2, 0.25) is 0 Å². The van der Waals surface area contributed by atoms with Gasteiger partial charge in [-0.25, -0.2) is 9.18 Å². The Balaban J connectivity index is 1.74. The van der Waals surface area contributed by atoms with E-state index in [1.807, 2.05) is 0 Å². The number of tetrazole rings is 1. The van der Waals surface area contributed by atoms with Gasteiger partial charge in [-0.15, -0.1) is 10.2 Å². The van der Waals surface area contributed by atoms with Crippen molar-refractivity contribution < 1.29 is 13.9 Å². The average Bonchev–Trinajstić information content (AvgIpc) is 3.04. The van der Waals surface area contributed by atoms with Crippen LogP contribution in [0.15, 0.2) is 48.5 Å². The number of ether oxygens (including phenoxy) is 1. The molecular formula is C16H13FN4O2. The molecule has 0 fully saturated rings. The molecule has 0 aliphatic carbocycles.